The van der Waals surface area contributed by atoms with Crippen molar-refractivity contribution >= 4 is 38.1 Å². The fraction of sp³-hybridized carbons (Fsp3) is 0.100. The fourth-order valence-corrected chi connectivity index (χ4v) is 3.64. The van der Waals surface area contributed by atoms with Crippen LogP contribution in [0, 0.1) is 0 Å². The van der Waals surface area contributed by atoms with Crippen molar-refractivity contribution in [3.8, 4) is 5.75 Å². The first-order chi connectivity index (χ1) is 14.4. The number of sulfonamides is 1. The Morgan fingerprint density at radius 1 is 1.10 bits per heavy atom. The average molecular weight is 492 g/mol. The molecule has 0 saturated heterocycles. The molecule has 0 unspecified atom stereocenters. The molecule has 0 spiro atoms. The smallest absolute Gasteiger partial charge is 0.271 e. The van der Waals surface area contributed by atoms with Gasteiger partial charge in [-0.25, -0.2) is 18.6 Å². The molecular weight excluding hydrogens is 474 g/mol. The lowest BCUT2D eigenvalue weighted by Gasteiger charge is -2.05. The molecule has 0 radical (unpaired) electrons. The summed E-state index contributed by atoms with van der Waals surface area (Å²) in [5.41, 5.74) is 2.82. The second-order valence-electron chi connectivity index (χ2n) is 6.01. The molecule has 0 saturated carbocycles. The number of rotatable bonds is 8. The maximum absolute atomic E-state index is 12.3. The van der Waals surface area contributed by atoms with Crippen LogP contribution in [-0.2, 0) is 16.6 Å². The van der Waals surface area contributed by atoms with Crippen LogP contribution < -0.4 is 14.9 Å². The Morgan fingerprint density at radius 3 is 2.47 bits per heavy atom. The molecule has 2 N–H and O–H groups in total. The van der Waals surface area contributed by atoms with Crippen LogP contribution in [-0.4, -0.2) is 27.6 Å². The molecule has 8 nitrogen and oxygen atoms in total. The first-order valence-corrected chi connectivity index (χ1v) is 11.0. The Balaban J connectivity index is 1.54. The van der Waals surface area contributed by atoms with Crippen LogP contribution in [0.15, 0.2) is 79.6 Å². The zero-order valence-electron chi connectivity index (χ0n) is 15.8. The topological polar surface area (TPSA) is 110 Å². The third kappa shape index (κ3) is 5.78. The predicted octanol–water partition coefficient (Wildman–Crippen LogP) is 3.29. The van der Waals surface area contributed by atoms with Gasteiger partial charge in [-0.05, 0) is 60.7 Å². The van der Waals surface area contributed by atoms with E-state index in [9.17, 15) is 13.2 Å². The number of hydrazone groups is 1. The molecule has 156 valence electrons. The lowest BCUT2D eigenvalue weighted by molar-refractivity contribution is 0.0955. The maximum atomic E-state index is 12.3. The summed E-state index contributed by atoms with van der Waals surface area (Å²) in [6, 6.07) is 16.1. The number of nitrogens with zero attached hydrogens (tertiary/aromatic N) is 1. The third-order valence-corrected chi connectivity index (χ3v) is 5.90. The Morgan fingerprint density at radius 2 is 1.80 bits per heavy atom. The number of carbonyl (C=O) groups is 1. The molecule has 3 aromatic rings. The normalized spacial score (nSPS) is 11.5. The molecule has 0 atom stereocenters. The van der Waals surface area contributed by atoms with E-state index in [-0.39, 0.29) is 17.3 Å². The fourth-order valence-electron chi connectivity index (χ4n) is 2.38. The number of halogens is 1. The largest absolute Gasteiger partial charge is 0.497 e. The number of carbonyl (C=O) groups excluding carboxylic acids is 1. The molecule has 0 aliphatic heterocycles. The summed E-state index contributed by atoms with van der Waals surface area (Å²) >= 11 is 3.27. The van der Waals surface area contributed by atoms with Gasteiger partial charge in [-0.15, -0.1) is 0 Å². The number of furan rings is 1. The third-order valence-electron chi connectivity index (χ3n) is 3.95. The second-order valence-corrected chi connectivity index (χ2v) is 8.69. The molecule has 0 fully saturated rings. The summed E-state index contributed by atoms with van der Waals surface area (Å²) in [5.74, 6) is 1.03. The van der Waals surface area contributed by atoms with Gasteiger partial charge in [-0.3, -0.25) is 4.79 Å². The number of hydrogen-bond acceptors (Lipinski definition) is 6. The number of methoxy groups -OCH3 is 1. The quantitative estimate of drug-likeness (QED) is 0.371. The van der Waals surface area contributed by atoms with Gasteiger partial charge < -0.3 is 9.15 Å². The van der Waals surface area contributed by atoms with Crippen molar-refractivity contribution < 1.29 is 22.4 Å². The van der Waals surface area contributed by atoms with E-state index in [2.05, 4.69) is 31.2 Å². The van der Waals surface area contributed by atoms with Crippen molar-refractivity contribution in [2.24, 2.45) is 5.10 Å². The summed E-state index contributed by atoms with van der Waals surface area (Å²) in [5, 5.41) is 3.85. The molecule has 1 heterocycles. The van der Waals surface area contributed by atoms with E-state index in [0.717, 1.165) is 4.47 Å². The molecule has 0 aliphatic rings. The van der Waals surface area contributed by atoms with Crippen LogP contribution in [0.1, 0.15) is 21.9 Å². The SMILES string of the molecule is COc1ccc(C(=O)N/N=C\c2ccc(CNS(=O)(=O)c3ccc(Br)cc3)o2)cc1. The molecular formula is C20H18BrN3O5S. The van der Waals surface area contributed by atoms with Gasteiger partial charge in [0.25, 0.3) is 5.91 Å². The first-order valence-electron chi connectivity index (χ1n) is 8.69. The lowest BCUT2D eigenvalue weighted by Crippen LogP contribution is -2.22. The molecule has 30 heavy (non-hydrogen) atoms. The summed E-state index contributed by atoms with van der Waals surface area (Å²) in [6.45, 7) is -0.0234. The highest BCUT2D eigenvalue weighted by Gasteiger charge is 2.14. The Bertz CT molecular complexity index is 1140. The average Bonchev–Trinajstić information content (AvgIpc) is 3.20. The standard InChI is InChI=1S/C20H18BrN3O5S/c1-28-16-6-2-14(3-7-16)20(25)24-22-12-17-8-9-18(29-17)13-23-30(26,27)19-10-4-15(21)5-11-19/h2-12,23H,13H2,1H3,(H,24,25)/b22-12-. The second kappa shape index (κ2) is 9.70. The van der Waals surface area contributed by atoms with Gasteiger partial charge in [-0.2, -0.15) is 5.10 Å². The van der Waals surface area contributed by atoms with Crippen LogP contribution in [0.3, 0.4) is 0 Å². The monoisotopic (exact) mass is 491 g/mol. The summed E-state index contributed by atoms with van der Waals surface area (Å²) in [7, 11) is -2.12. The van der Waals surface area contributed by atoms with Gasteiger partial charge in [0.15, 0.2) is 0 Å². The molecule has 0 aliphatic carbocycles. The van der Waals surface area contributed by atoms with Crippen LogP contribution in [0.5, 0.6) is 5.75 Å². The number of benzene rings is 2. The van der Waals surface area contributed by atoms with Gasteiger partial charge in [0.05, 0.1) is 24.8 Å². The van der Waals surface area contributed by atoms with E-state index in [1.54, 1.807) is 55.6 Å². The number of amides is 1. The highest BCUT2D eigenvalue weighted by atomic mass is 79.9. The van der Waals surface area contributed by atoms with Crippen molar-refractivity contribution in [2.75, 3.05) is 7.11 Å². The van der Waals surface area contributed by atoms with Crippen molar-refractivity contribution in [2.45, 2.75) is 11.4 Å². The Hall–Kier alpha value is -2.95. The van der Waals surface area contributed by atoms with E-state index in [1.807, 2.05) is 0 Å². The van der Waals surface area contributed by atoms with Gasteiger partial charge in [-0.1, -0.05) is 15.9 Å². The van der Waals surface area contributed by atoms with Crippen molar-refractivity contribution in [1.82, 2.24) is 10.1 Å². The van der Waals surface area contributed by atoms with E-state index in [4.69, 9.17) is 9.15 Å². The number of hydrogen-bond donors (Lipinski definition) is 2. The minimum Gasteiger partial charge on any atom is -0.497 e. The van der Waals surface area contributed by atoms with Crippen LogP contribution >= 0.6 is 15.9 Å². The maximum Gasteiger partial charge on any atom is 0.271 e. The Kier molecular flexibility index (Phi) is 7.03. The Labute approximate surface area is 182 Å². The predicted molar refractivity (Wildman–Crippen MR) is 115 cm³/mol. The number of ether oxygens (including phenoxy) is 1. The zero-order valence-corrected chi connectivity index (χ0v) is 18.2. The van der Waals surface area contributed by atoms with E-state index in [0.29, 0.717) is 22.8 Å². The first kappa shape index (κ1) is 21.8. The molecule has 1 aromatic heterocycles. The van der Waals surface area contributed by atoms with Gasteiger partial charge in [0.2, 0.25) is 10.0 Å². The summed E-state index contributed by atoms with van der Waals surface area (Å²) in [6.07, 6.45) is 1.33. The zero-order chi connectivity index (χ0) is 21.6. The van der Waals surface area contributed by atoms with E-state index in [1.165, 1.54) is 18.3 Å². The van der Waals surface area contributed by atoms with Gasteiger partial charge in [0.1, 0.15) is 17.3 Å². The highest BCUT2D eigenvalue weighted by Crippen LogP contribution is 2.15. The van der Waals surface area contributed by atoms with Gasteiger partial charge >= 0.3 is 0 Å². The van der Waals surface area contributed by atoms with Crippen LogP contribution in [0.4, 0.5) is 0 Å². The molecule has 1 amide bonds. The molecule has 3 rings (SSSR count). The van der Waals surface area contributed by atoms with E-state index >= 15 is 0 Å². The van der Waals surface area contributed by atoms with Gasteiger partial charge in [0, 0.05) is 10.0 Å². The molecule has 2 aromatic carbocycles. The minimum absolute atomic E-state index is 0.0234. The highest BCUT2D eigenvalue weighted by molar-refractivity contribution is 9.10. The van der Waals surface area contributed by atoms with Crippen molar-refractivity contribution in [3.05, 3.63) is 82.2 Å². The summed E-state index contributed by atoms with van der Waals surface area (Å²) in [4.78, 5) is 12.2. The van der Waals surface area contributed by atoms with Crippen molar-refractivity contribution in [1.29, 1.82) is 0 Å². The number of nitrogens with one attached hydrogen (secondary N) is 2. The molecule has 0 bridgehead atoms. The summed E-state index contributed by atoms with van der Waals surface area (Å²) < 4.78 is 38.4. The van der Waals surface area contributed by atoms with Crippen LogP contribution in [0.2, 0.25) is 0 Å². The van der Waals surface area contributed by atoms with Crippen molar-refractivity contribution in [3.63, 3.8) is 0 Å². The van der Waals surface area contributed by atoms with E-state index < -0.39 is 10.0 Å². The van der Waals surface area contributed by atoms with Crippen LogP contribution in [0.25, 0.3) is 0 Å². The molecule has 10 heteroatoms. The lowest BCUT2D eigenvalue weighted by atomic mass is 10.2. The minimum atomic E-state index is -3.66.